The van der Waals surface area contributed by atoms with Crippen molar-refractivity contribution in [2.45, 2.75) is 77.5 Å². The largest absolute Gasteiger partial charge is 0.377 e. The summed E-state index contributed by atoms with van der Waals surface area (Å²) in [5, 5.41) is 3.74. The molecule has 1 amide bonds. The first-order valence-electron chi connectivity index (χ1n) is 9.15. The first-order valence-corrected chi connectivity index (χ1v) is 9.15. The Labute approximate surface area is 135 Å². The zero-order chi connectivity index (χ0) is 15.7. The maximum Gasteiger partial charge on any atom is 0.224 e. The number of ether oxygens (including phenoxy) is 1. The van der Waals surface area contributed by atoms with Crippen LogP contribution in [0.5, 0.6) is 0 Å². The Kier molecular flexibility index (Phi) is 4.79. The third kappa shape index (κ3) is 3.05. The summed E-state index contributed by atoms with van der Waals surface area (Å²) in [6.07, 6.45) is 7.10. The summed E-state index contributed by atoms with van der Waals surface area (Å²) in [5.41, 5.74) is 0.196. The van der Waals surface area contributed by atoms with Crippen molar-refractivity contribution in [2.24, 2.45) is 11.3 Å². The Morgan fingerprint density at radius 2 is 1.95 bits per heavy atom. The minimum absolute atomic E-state index is 0.196. The average molecular weight is 308 g/mol. The summed E-state index contributed by atoms with van der Waals surface area (Å²) in [7, 11) is 0. The van der Waals surface area contributed by atoms with Crippen molar-refractivity contribution in [3.8, 4) is 0 Å². The van der Waals surface area contributed by atoms with Crippen LogP contribution < -0.4 is 5.32 Å². The summed E-state index contributed by atoms with van der Waals surface area (Å²) < 4.78 is 5.85. The zero-order valence-electron chi connectivity index (χ0n) is 14.4. The van der Waals surface area contributed by atoms with Gasteiger partial charge in [-0.05, 0) is 26.2 Å². The van der Waals surface area contributed by atoms with Crippen molar-refractivity contribution in [3.63, 3.8) is 0 Å². The Morgan fingerprint density at radius 3 is 2.64 bits per heavy atom. The van der Waals surface area contributed by atoms with Crippen molar-refractivity contribution >= 4 is 5.91 Å². The van der Waals surface area contributed by atoms with Crippen LogP contribution in [0.25, 0.3) is 0 Å². The summed E-state index contributed by atoms with van der Waals surface area (Å²) >= 11 is 0. The van der Waals surface area contributed by atoms with Gasteiger partial charge in [-0.3, -0.25) is 4.79 Å². The molecule has 0 aromatic carbocycles. The molecule has 1 N–H and O–H groups in total. The fraction of sp³-hybridized carbons (Fsp3) is 0.944. The van der Waals surface area contributed by atoms with Crippen LogP contribution in [0.1, 0.15) is 59.3 Å². The Bertz CT molecular complexity index is 402. The Hall–Kier alpha value is -0.610. The van der Waals surface area contributed by atoms with Gasteiger partial charge in [-0.25, -0.2) is 0 Å². The molecule has 4 nitrogen and oxygen atoms in total. The van der Waals surface area contributed by atoms with E-state index in [0.717, 1.165) is 19.7 Å². The van der Waals surface area contributed by atoms with Crippen LogP contribution in [-0.2, 0) is 9.53 Å². The van der Waals surface area contributed by atoms with Crippen molar-refractivity contribution < 1.29 is 9.53 Å². The van der Waals surface area contributed by atoms with E-state index in [2.05, 4.69) is 31.0 Å². The molecule has 3 fully saturated rings. The van der Waals surface area contributed by atoms with Crippen LogP contribution in [0.2, 0.25) is 0 Å². The molecule has 4 heteroatoms. The van der Waals surface area contributed by atoms with Crippen LogP contribution in [0, 0.1) is 11.3 Å². The molecule has 0 radical (unpaired) electrons. The molecule has 2 aliphatic heterocycles. The number of nitrogens with zero attached hydrogens (tertiary/aromatic N) is 1. The highest BCUT2D eigenvalue weighted by Crippen LogP contribution is 2.52. The first kappa shape index (κ1) is 16.3. The van der Waals surface area contributed by atoms with E-state index < -0.39 is 0 Å². The maximum absolute atomic E-state index is 12.5. The van der Waals surface area contributed by atoms with Gasteiger partial charge < -0.3 is 15.0 Å². The van der Waals surface area contributed by atoms with E-state index >= 15 is 0 Å². The number of fused-ring (bicyclic) bond motifs is 1. The number of hydrogen-bond donors (Lipinski definition) is 1. The molecule has 1 saturated carbocycles. The Balaban J connectivity index is 1.49. The molecule has 2 heterocycles. The van der Waals surface area contributed by atoms with Gasteiger partial charge in [0, 0.05) is 49.5 Å². The van der Waals surface area contributed by atoms with E-state index in [1.807, 2.05) is 0 Å². The first-order chi connectivity index (χ1) is 10.5. The minimum atomic E-state index is 0.196. The van der Waals surface area contributed by atoms with Crippen molar-refractivity contribution in [3.05, 3.63) is 0 Å². The summed E-state index contributed by atoms with van der Waals surface area (Å²) in [4.78, 5) is 14.6. The molecule has 3 rings (SSSR count). The minimum Gasteiger partial charge on any atom is -0.377 e. The highest BCUT2D eigenvalue weighted by atomic mass is 16.5. The van der Waals surface area contributed by atoms with Crippen LogP contribution in [0.3, 0.4) is 0 Å². The van der Waals surface area contributed by atoms with Gasteiger partial charge in [-0.2, -0.15) is 0 Å². The molecule has 22 heavy (non-hydrogen) atoms. The fourth-order valence-corrected chi connectivity index (χ4v) is 4.74. The van der Waals surface area contributed by atoms with Crippen LogP contribution in [0.4, 0.5) is 0 Å². The number of carbonyl (C=O) groups excluding carboxylic acids is 1. The van der Waals surface area contributed by atoms with Crippen molar-refractivity contribution in [2.75, 3.05) is 19.7 Å². The summed E-state index contributed by atoms with van der Waals surface area (Å²) in [5.74, 6) is 0.976. The lowest BCUT2D eigenvalue weighted by atomic mass is 9.57. The molecule has 0 aromatic rings. The average Bonchev–Trinajstić information content (AvgIpc) is 2.75. The molecular formula is C18H32N2O2. The van der Waals surface area contributed by atoms with Gasteiger partial charge in [0.1, 0.15) is 0 Å². The second kappa shape index (κ2) is 6.48. The number of carbonyl (C=O) groups is 1. The molecule has 2 saturated heterocycles. The van der Waals surface area contributed by atoms with Gasteiger partial charge in [-0.1, -0.05) is 26.7 Å². The monoisotopic (exact) mass is 308 g/mol. The number of nitrogens with one attached hydrogen (secondary N) is 1. The Morgan fingerprint density at radius 1 is 1.27 bits per heavy atom. The highest BCUT2D eigenvalue weighted by molar-refractivity contribution is 5.76. The van der Waals surface area contributed by atoms with E-state index in [0.29, 0.717) is 30.4 Å². The molecule has 0 unspecified atom stereocenters. The second-order valence-electron chi connectivity index (χ2n) is 8.11. The van der Waals surface area contributed by atoms with E-state index in [4.69, 9.17) is 4.74 Å². The molecule has 4 atom stereocenters. The topological polar surface area (TPSA) is 41.6 Å². The molecule has 1 aliphatic carbocycles. The number of rotatable bonds is 4. The standard InChI is InChI=1S/C18H32N2O2/c1-13(12-15(21)20-9-6-4-5-7-10-20)19-16-14-8-11-22-17(14)18(16,2)3/h13-14,16-17,19H,4-12H2,1-3H3/t13-,14+,16-,17-/m1/s1. The SMILES string of the molecule is C[C@H](CC(=O)N1CCCCCC1)N[C@@H]1[C@@H]2CCO[C@H]2C1(C)C. The molecular weight excluding hydrogens is 276 g/mol. The summed E-state index contributed by atoms with van der Waals surface area (Å²) in [6.45, 7) is 9.56. The third-order valence-electron chi connectivity index (χ3n) is 6.00. The van der Waals surface area contributed by atoms with Crippen LogP contribution >= 0.6 is 0 Å². The molecule has 0 spiro atoms. The lowest BCUT2D eigenvalue weighted by molar-refractivity contribution is -0.133. The van der Waals surface area contributed by atoms with Gasteiger partial charge in [0.25, 0.3) is 0 Å². The second-order valence-corrected chi connectivity index (χ2v) is 8.11. The van der Waals surface area contributed by atoms with Gasteiger partial charge >= 0.3 is 0 Å². The lowest BCUT2D eigenvalue weighted by Gasteiger charge is -2.55. The van der Waals surface area contributed by atoms with E-state index in [1.54, 1.807) is 0 Å². The molecule has 0 aromatic heterocycles. The number of hydrogen-bond acceptors (Lipinski definition) is 3. The number of amides is 1. The van der Waals surface area contributed by atoms with Crippen LogP contribution in [0.15, 0.2) is 0 Å². The quantitative estimate of drug-likeness (QED) is 0.868. The maximum atomic E-state index is 12.5. The predicted molar refractivity (Wildman–Crippen MR) is 87.7 cm³/mol. The van der Waals surface area contributed by atoms with Gasteiger partial charge in [0.15, 0.2) is 0 Å². The molecule has 126 valence electrons. The summed E-state index contributed by atoms with van der Waals surface area (Å²) in [6, 6.07) is 0.744. The molecule has 3 aliphatic rings. The van der Waals surface area contributed by atoms with Crippen molar-refractivity contribution in [1.82, 2.24) is 10.2 Å². The van der Waals surface area contributed by atoms with Crippen molar-refractivity contribution in [1.29, 1.82) is 0 Å². The van der Waals surface area contributed by atoms with Gasteiger partial charge in [-0.15, -0.1) is 0 Å². The van der Waals surface area contributed by atoms with Gasteiger partial charge in [0.05, 0.1) is 6.10 Å². The third-order valence-corrected chi connectivity index (χ3v) is 6.00. The fourth-order valence-electron chi connectivity index (χ4n) is 4.74. The van der Waals surface area contributed by atoms with E-state index in [1.165, 1.54) is 32.1 Å². The molecule has 0 bridgehead atoms. The van der Waals surface area contributed by atoms with Gasteiger partial charge in [0.2, 0.25) is 5.91 Å². The lowest BCUT2D eigenvalue weighted by Crippen LogP contribution is -2.67. The van der Waals surface area contributed by atoms with E-state index in [9.17, 15) is 4.79 Å². The van der Waals surface area contributed by atoms with E-state index in [-0.39, 0.29) is 11.5 Å². The zero-order valence-corrected chi connectivity index (χ0v) is 14.4. The smallest absolute Gasteiger partial charge is 0.224 e. The normalized spacial score (nSPS) is 35.4. The van der Waals surface area contributed by atoms with Crippen LogP contribution in [-0.4, -0.2) is 48.7 Å². The predicted octanol–water partition coefficient (Wildman–Crippen LogP) is 2.57. The number of likely N-dealkylation sites (tertiary alicyclic amines) is 1. The highest BCUT2D eigenvalue weighted by Gasteiger charge is 2.59.